The molecule has 0 fully saturated rings. The minimum absolute atomic E-state index is 0.951. The zero-order chi connectivity index (χ0) is 33.3. The Hall–Kier alpha value is -5.64. The van der Waals surface area contributed by atoms with Gasteiger partial charge in [-0.05, 0) is 121 Å². The zero-order valence-electron chi connectivity index (χ0n) is 28.3. The van der Waals surface area contributed by atoms with Crippen molar-refractivity contribution in [2.24, 2.45) is 0 Å². The summed E-state index contributed by atoms with van der Waals surface area (Å²) in [5.41, 5.74) is 14.4. The summed E-state index contributed by atoms with van der Waals surface area (Å²) in [6.45, 7) is 5.40. The zero-order valence-corrected chi connectivity index (χ0v) is 29.1. The van der Waals surface area contributed by atoms with Crippen molar-refractivity contribution in [3.63, 3.8) is 0 Å². The van der Waals surface area contributed by atoms with E-state index in [2.05, 4.69) is 169 Å². The molecule has 3 aromatic heterocycles. The quantitative estimate of drug-likeness (QED) is 0.174. The van der Waals surface area contributed by atoms with E-state index < -0.39 is 0 Å². The van der Waals surface area contributed by atoms with Crippen molar-refractivity contribution < 1.29 is 0 Å². The van der Waals surface area contributed by atoms with Crippen molar-refractivity contribution in [3.05, 3.63) is 167 Å². The van der Waals surface area contributed by atoms with Crippen molar-refractivity contribution in [2.75, 3.05) is 0 Å². The molecule has 2 nitrogen and oxygen atoms in total. The van der Waals surface area contributed by atoms with Gasteiger partial charge < -0.3 is 9.13 Å². The van der Waals surface area contributed by atoms with E-state index in [0.29, 0.717) is 0 Å². The van der Waals surface area contributed by atoms with Crippen LogP contribution in [-0.4, -0.2) is 9.13 Å². The Morgan fingerprint density at radius 3 is 2.08 bits per heavy atom. The molecule has 9 aromatic rings. The van der Waals surface area contributed by atoms with Gasteiger partial charge in [-0.1, -0.05) is 90.5 Å². The lowest BCUT2D eigenvalue weighted by molar-refractivity contribution is 0.742. The molecule has 1 aliphatic carbocycles. The maximum absolute atomic E-state index is 2.51. The average molecular weight is 661 g/mol. The van der Waals surface area contributed by atoms with Crippen molar-refractivity contribution >= 4 is 71.1 Å². The van der Waals surface area contributed by atoms with Crippen LogP contribution in [0.3, 0.4) is 0 Å². The Balaban J connectivity index is 1.09. The number of para-hydroxylation sites is 2. The number of nitrogens with zero attached hydrogens (tertiary/aromatic N) is 2. The first-order chi connectivity index (χ1) is 24.6. The van der Waals surface area contributed by atoms with Gasteiger partial charge >= 0.3 is 0 Å². The van der Waals surface area contributed by atoms with E-state index in [1.54, 1.807) is 0 Å². The predicted molar refractivity (Wildman–Crippen MR) is 216 cm³/mol. The van der Waals surface area contributed by atoms with Crippen molar-refractivity contribution in [1.82, 2.24) is 9.13 Å². The summed E-state index contributed by atoms with van der Waals surface area (Å²) in [7, 11) is 0. The van der Waals surface area contributed by atoms with Crippen LogP contribution in [0.4, 0.5) is 0 Å². The second kappa shape index (κ2) is 11.5. The number of benzene rings is 6. The fraction of sp³-hybridized carbons (Fsp3) is 0.106. The van der Waals surface area contributed by atoms with E-state index in [9.17, 15) is 0 Å². The molecule has 6 aromatic carbocycles. The molecular weight excluding hydrogens is 625 g/mol. The van der Waals surface area contributed by atoms with Crippen LogP contribution in [0.5, 0.6) is 0 Å². The lowest BCUT2D eigenvalue weighted by Gasteiger charge is -2.11. The van der Waals surface area contributed by atoms with E-state index in [4.69, 9.17) is 0 Å². The highest BCUT2D eigenvalue weighted by atomic mass is 32.1. The molecule has 0 radical (unpaired) electrons. The largest absolute Gasteiger partial charge is 0.340 e. The highest BCUT2D eigenvalue weighted by Crippen LogP contribution is 2.40. The van der Waals surface area contributed by atoms with Crippen molar-refractivity contribution in [2.45, 2.75) is 33.2 Å². The molecule has 3 heteroatoms. The van der Waals surface area contributed by atoms with Gasteiger partial charge in [0.1, 0.15) is 0 Å². The minimum Gasteiger partial charge on any atom is -0.340 e. The first kappa shape index (κ1) is 29.3. The Labute approximate surface area is 295 Å². The average Bonchev–Trinajstić information content (AvgIpc) is 3.72. The van der Waals surface area contributed by atoms with Crippen LogP contribution >= 0.6 is 11.3 Å². The van der Waals surface area contributed by atoms with Crippen LogP contribution in [0.2, 0.25) is 0 Å². The van der Waals surface area contributed by atoms with Gasteiger partial charge in [0.25, 0.3) is 0 Å². The molecule has 10 rings (SSSR count). The fourth-order valence-corrected chi connectivity index (χ4v) is 9.39. The van der Waals surface area contributed by atoms with Gasteiger partial charge in [-0.25, -0.2) is 0 Å². The van der Waals surface area contributed by atoms with Crippen molar-refractivity contribution in [1.29, 1.82) is 0 Å². The summed E-state index contributed by atoms with van der Waals surface area (Å²) in [6, 6.07) is 47.6. The highest BCUT2D eigenvalue weighted by molar-refractivity contribution is 7.20. The molecule has 0 saturated heterocycles. The monoisotopic (exact) mass is 660 g/mol. The summed E-state index contributed by atoms with van der Waals surface area (Å²) in [6.07, 6.45) is 8.73. The van der Waals surface area contributed by atoms with Gasteiger partial charge in [-0.15, -0.1) is 11.3 Å². The van der Waals surface area contributed by atoms with Crippen LogP contribution in [0.25, 0.3) is 76.6 Å². The summed E-state index contributed by atoms with van der Waals surface area (Å²) >= 11 is 1.90. The van der Waals surface area contributed by atoms with Gasteiger partial charge in [-0.2, -0.15) is 0 Å². The van der Waals surface area contributed by atoms with Crippen LogP contribution in [0, 0.1) is 6.92 Å². The lowest BCUT2D eigenvalue weighted by atomic mass is 10.0. The number of thiophene rings is 1. The van der Waals surface area contributed by atoms with Gasteiger partial charge in [0.15, 0.2) is 0 Å². The second-order valence-corrected chi connectivity index (χ2v) is 14.9. The number of aromatic nitrogens is 2. The summed E-state index contributed by atoms with van der Waals surface area (Å²) in [5, 5.41) is 6.56. The highest BCUT2D eigenvalue weighted by Gasteiger charge is 2.18. The summed E-state index contributed by atoms with van der Waals surface area (Å²) in [4.78, 5) is 1.38. The van der Waals surface area contributed by atoms with E-state index >= 15 is 0 Å². The molecule has 240 valence electrons. The van der Waals surface area contributed by atoms with E-state index in [1.807, 2.05) is 11.3 Å². The van der Waals surface area contributed by atoms with Gasteiger partial charge in [0.05, 0.1) is 11.0 Å². The normalized spacial score (nSPS) is 13.1. The minimum atomic E-state index is 0.951. The van der Waals surface area contributed by atoms with Crippen molar-refractivity contribution in [3.8, 4) is 16.8 Å². The molecule has 0 spiro atoms. The Kier molecular flexibility index (Phi) is 6.72. The first-order valence-electron chi connectivity index (χ1n) is 17.6. The first-order valence-corrected chi connectivity index (χ1v) is 18.4. The van der Waals surface area contributed by atoms with E-state index in [-0.39, 0.29) is 0 Å². The third kappa shape index (κ3) is 4.61. The number of allylic oxidation sites excluding steroid dienone is 3. The van der Waals surface area contributed by atoms with E-state index in [0.717, 1.165) is 19.4 Å². The molecule has 1 aliphatic rings. The van der Waals surface area contributed by atoms with Crippen LogP contribution in [0.15, 0.2) is 145 Å². The van der Waals surface area contributed by atoms with Crippen LogP contribution < -0.4 is 0 Å². The maximum atomic E-state index is 2.51. The number of hydrogen-bond donors (Lipinski definition) is 0. The number of fused-ring (bicyclic) bond motifs is 9. The van der Waals surface area contributed by atoms with Gasteiger partial charge in [0.2, 0.25) is 0 Å². The second-order valence-electron chi connectivity index (χ2n) is 13.8. The van der Waals surface area contributed by atoms with Crippen LogP contribution in [-0.2, 0) is 19.4 Å². The Morgan fingerprint density at radius 2 is 1.26 bits per heavy atom. The molecular formula is C47H36N2S. The molecule has 0 saturated carbocycles. The molecule has 0 bridgehead atoms. The standard InChI is InChI=1S/C47H36N2S/c1-30-10-9-17-46-40(26-30)41-29-35(20-23-47(41)50-46)49-44-16-8-6-14-37(44)39-28-34(19-22-45(39)49)33-18-21-43-38(27-33)36-13-5-7-15-42(36)48(43)25-24-32-12-4-3-11-31(32)2/h3-23,27-29H,24-26H2,1-2H3. The Bertz CT molecular complexity index is 2870. The van der Waals surface area contributed by atoms with Crippen LogP contribution in [0.1, 0.15) is 28.5 Å². The van der Waals surface area contributed by atoms with E-state index in [1.165, 1.54) is 97.7 Å². The third-order valence-corrected chi connectivity index (χ3v) is 12.0. The molecule has 0 aliphatic heterocycles. The number of hydrogen-bond acceptors (Lipinski definition) is 1. The molecule has 0 N–H and O–H groups in total. The summed E-state index contributed by atoms with van der Waals surface area (Å²) in [5.74, 6) is 0. The smallest absolute Gasteiger partial charge is 0.0541 e. The Morgan fingerprint density at radius 1 is 0.600 bits per heavy atom. The predicted octanol–water partition coefficient (Wildman–Crippen LogP) is 12.8. The van der Waals surface area contributed by atoms with Gasteiger partial charge in [0, 0.05) is 54.4 Å². The SMILES string of the molecule is CC1=CC=Cc2sc3ccc(-n4c5ccccc5c5cc(-c6ccc7c(c6)c6ccccc6n7CCc6ccccc6C)ccc54)cc3c2C1. The molecule has 3 heterocycles. The third-order valence-electron chi connectivity index (χ3n) is 10.8. The molecule has 0 unspecified atom stereocenters. The molecule has 0 atom stereocenters. The maximum Gasteiger partial charge on any atom is 0.0541 e. The molecule has 50 heavy (non-hydrogen) atoms. The topological polar surface area (TPSA) is 9.86 Å². The van der Waals surface area contributed by atoms with Gasteiger partial charge in [-0.3, -0.25) is 0 Å². The lowest BCUT2D eigenvalue weighted by Crippen LogP contribution is -2.02. The fourth-order valence-electron chi connectivity index (χ4n) is 8.28. The number of rotatable bonds is 5. The number of aryl methyl sites for hydroxylation is 3. The summed E-state index contributed by atoms with van der Waals surface area (Å²) < 4.78 is 6.32. The molecule has 0 amide bonds.